The standard InChI is InChI=1S/C24H27ClN2O4S/c1-4-12-26-23-27(19-9-7-6-8-16(19)3)22(28)21(32-23)14-17-10-11-20(18(25)13-17)31-15-24(29,30)5-2/h6-11,13-14,29-30H,4-5,12,15H2,1-3H3/b21-14-,26-23?. The Kier molecular flexibility index (Phi) is 8.00. The SMILES string of the molecule is CCCN=C1S/C(=C\c2ccc(OCC(O)(O)CC)c(Cl)c2)C(=O)N1c1ccccc1C. The lowest BCUT2D eigenvalue weighted by Gasteiger charge is -2.20. The summed E-state index contributed by atoms with van der Waals surface area (Å²) in [5.41, 5.74) is 2.54. The highest BCUT2D eigenvalue weighted by Gasteiger charge is 2.35. The molecular weight excluding hydrogens is 448 g/mol. The third-order valence-electron chi connectivity index (χ3n) is 4.91. The molecular formula is C24H27ClN2O4S. The molecule has 1 fully saturated rings. The molecule has 3 rings (SSSR count). The number of aryl methyl sites for hydroxylation is 1. The van der Waals surface area contributed by atoms with E-state index < -0.39 is 5.79 Å². The number of nitrogens with zero attached hydrogens (tertiary/aromatic N) is 2. The van der Waals surface area contributed by atoms with Crippen molar-refractivity contribution >= 4 is 46.2 Å². The van der Waals surface area contributed by atoms with E-state index in [0.717, 1.165) is 23.2 Å². The maximum Gasteiger partial charge on any atom is 0.271 e. The number of ether oxygens (including phenoxy) is 1. The predicted octanol–water partition coefficient (Wildman–Crippen LogP) is 5.01. The Bertz CT molecular complexity index is 1050. The summed E-state index contributed by atoms with van der Waals surface area (Å²) in [5.74, 6) is -1.71. The van der Waals surface area contributed by atoms with Crippen LogP contribution in [0.3, 0.4) is 0 Å². The molecule has 32 heavy (non-hydrogen) atoms. The van der Waals surface area contributed by atoms with E-state index in [9.17, 15) is 15.0 Å². The molecule has 6 nitrogen and oxygen atoms in total. The summed E-state index contributed by atoms with van der Waals surface area (Å²) >= 11 is 7.66. The highest BCUT2D eigenvalue weighted by atomic mass is 35.5. The molecule has 1 aliphatic rings. The first-order valence-corrected chi connectivity index (χ1v) is 11.7. The number of hydrogen-bond donors (Lipinski definition) is 2. The second-order valence-electron chi connectivity index (χ2n) is 7.52. The molecule has 1 saturated heterocycles. The van der Waals surface area contributed by atoms with E-state index in [1.165, 1.54) is 11.8 Å². The van der Waals surface area contributed by atoms with E-state index >= 15 is 0 Å². The Hall–Kier alpha value is -2.32. The van der Waals surface area contributed by atoms with Crippen LogP contribution in [0.15, 0.2) is 52.4 Å². The zero-order valence-corrected chi connectivity index (χ0v) is 19.9. The van der Waals surface area contributed by atoms with Crippen LogP contribution in [0.25, 0.3) is 6.08 Å². The lowest BCUT2D eigenvalue weighted by molar-refractivity contribution is -0.182. The summed E-state index contributed by atoms with van der Waals surface area (Å²) in [6, 6.07) is 12.8. The number of hydrogen-bond acceptors (Lipinski definition) is 6. The zero-order valence-electron chi connectivity index (χ0n) is 18.3. The van der Waals surface area contributed by atoms with E-state index in [4.69, 9.17) is 16.3 Å². The van der Waals surface area contributed by atoms with E-state index in [1.807, 2.05) is 38.1 Å². The van der Waals surface area contributed by atoms with Crippen molar-refractivity contribution in [2.24, 2.45) is 4.99 Å². The van der Waals surface area contributed by atoms with Crippen molar-refractivity contribution in [2.75, 3.05) is 18.1 Å². The van der Waals surface area contributed by atoms with Crippen LogP contribution in [0.5, 0.6) is 5.75 Å². The lowest BCUT2D eigenvalue weighted by Crippen LogP contribution is -2.34. The Labute approximate surface area is 197 Å². The number of aliphatic hydroxyl groups is 2. The zero-order chi connectivity index (χ0) is 23.3. The topological polar surface area (TPSA) is 82.4 Å². The molecule has 2 N–H and O–H groups in total. The van der Waals surface area contributed by atoms with Crippen LogP contribution in [0.2, 0.25) is 5.02 Å². The third-order valence-corrected chi connectivity index (χ3v) is 6.21. The molecule has 0 aliphatic carbocycles. The summed E-state index contributed by atoms with van der Waals surface area (Å²) in [7, 11) is 0. The van der Waals surface area contributed by atoms with Gasteiger partial charge in [0.25, 0.3) is 5.91 Å². The van der Waals surface area contributed by atoms with Crippen LogP contribution < -0.4 is 9.64 Å². The third kappa shape index (κ3) is 5.72. The van der Waals surface area contributed by atoms with Crippen molar-refractivity contribution in [3.8, 4) is 5.75 Å². The fourth-order valence-electron chi connectivity index (χ4n) is 2.98. The quantitative estimate of drug-likeness (QED) is 0.415. The highest BCUT2D eigenvalue weighted by molar-refractivity contribution is 8.19. The van der Waals surface area contributed by atoms with Gasteiger partial charge in [-0.25, -0.2) is 0 Å². The number of amides is 1. The molecule has 170 valence electrons. The average Bonchev–Trinajstić information content (AvgIpc) is 3.07. The number of anilines is 1. The Morgan fingerprint density at radius 3 is 2.62 bits per heavy atom. The minimum Gasteiger partial charge on any atom is -0.486 e. The van der Waals surface area contributed by atoms with Gasteiger partial charge >= 0.3 is 0 Å². The molecule has 0 saturated carbocycles. The number of rotatable bonds is 8. The summed E-state index contributed by atoms with van der Waals surface area (Å²) < 4.78 is 5.44. The van der Waals surface area contributed by atoms with E-state index in [1.54, 1.807) is 36.1 Å². The average molecular weight is 475 g/mol. The fraction of sp³-hybridized carbons (Fsp3) is 0.333. The molecule has 0 bridgehead atoms. The number of amidine groups is 1. The summed E-state index contributed by atoms with van der Waals surface area (Å²) in [5, 5.41) is 20.4. The van der Waals surface area contributed by atoms with Crippen molar-refractivity contribution in [1.29, 1.82) is 0 Å². The smallest absolute Gasteiger partial charge is 0.271 e. The van der Waals surface area contributed by atoms with Gasteiger partial charge in [-0.2, -0.15) is 0 Å². The first-order valence-electron chi connectivity index (χ1n) is 10.5. The molecule has 1 heterocycles. The van der Waals surface area contributed by atoms with E-state index in [0.29, 0.717) is 27.4 Å². The summed E-state index contributed by atoms with van der Waals surface area (Å²) in [6.07, 6.45) is 2.79. The van der Waals surface area contributed by atoms with E-state index in [2.05, 4.69) is 4.99 Å². The molecule has 0 aromatic heterocycles. The molecule has 1 amide bonds. The maximum atomic E-state index is 13.3. The van der Waals surface area contributed by atoms with E-state index in [-0.39, 0.29) is 18.9 Å². The van der Waals surface area contributed by atoms with Crippen LogP contribution in [0.4, 0.5) is 5.69 Å². The molecule has 2 aromatic rings. The van der Waals surface area contributed by atoms with Crippen molar-refractivity contribution in [3.05, 3.63) is 63.5 Å². The molecule has 0 radical (unpaired) electrons. The number of carbonyl (C=O) groups is 1. The molecule has 0 atom stereocenters. The Morgan fingerprint density at radius 2 is 1.97 bits per heavy atom. The van der Waals surface area contributed by atoms with Gasteiger partial charge in [-0.15, -0.1) is 0 Å². The van der Waals surface area contributed by atoms with Crippen LogP contribution >= 0.6 is 23.4 Å². The largest absolute Gasteiger partial charge is 0.486 e. The van der Waals surface area contributed by atoms with Gasteiger partial charge in [-0.1, -0.05) is 49.7 Å². The second-order valence-corrected chi connectivity index (χ2v) is 8.93. The van der Waals surface area contributed by atoms with Gasteiger partial charge in [0.2, 0.25) is 0 Å². The van der Waals surface area contributed by atoms with Gasteiger partial charge < -0.3 is 14.9 Å². The molecule has 2 aromatic carbocycles. The Morgan fingerprint density at radius 1 is 1.22 bits per heavy atom. The number of carbonyl (C=O) groups excluding carboxylic acids is 1. The maximum absolute atomic E-state index is 13.3. The van der Waals surface area contributed by atoms with Crippen LogP contribution in [0, 0.1) is 6.92 Å². The monoisotopic (exact) mass is 474 g/mol. The molecule has 8 heteroatoms. The minimum atomic E-state index is -1.91. The van der Waals surface area contributed by atoms with Crippen LogP contribution in [0.1, 0.15) is 37.8 Å². The first kappa shape index (κ1) is 24.3. The van der Waals surface area contributed by atoms with Gasteiger partial charge in [0.1, 0.15) is 12.4 Å². The Balaban J connectivity index is 1.87. The molecule has 0 spiro atoms. The predicted molar refractivity (Wildman–Crippen MR) is 131 cm³/mol. The fourth-order valence-corrected chi connectivity index (χ4v) is 4.23. The van der Waals surface area contributed by atoms with Crippen molar-refractivity contribution in [3.63, 3.8) is 0 Å². The number of aliphatic imine (C=N–C) groups is 1. The van der Waals surface area contributed by atoms with Crippen LogP contribution in [-0.4, -0.2) is 40.2 Å². The number of para-hydroxylation sites is 1. The van der Waals surface area contributed by atoms with Crippen LogP contribution in [-0.2, 0) is 4.79 Å². The van der Waals surface area contributed by atoms with Gasteiger partial charge in [-0.3, -0.25) is 14.7 Å². The van der Waals surface area contributed by atoms with Crippen molar-refractivity contribution < 1.29 is 19.7 Å². The summed E-state index contributed by atoms with van der Waals surface area (Å²) in [6.45, 7) is 6.01. The van der Waals surface area contributed by atoms with Crippen molar-refractivity contribution in [1.82, 2.24) is 0 Å². The summed E-state index contributed by atoms with van der Waals surface area (Å²) in [4.78, 5) is 20.1. The minimum absolute atomic E-state index is 0.132. The normalized spacial score (nSPS) is 16.9. The van der Waals surface area contributed by atoms with Gasteiger partial charge in [0.15, 0.2) is 11.0 Å². The number of halogens is 1. The van der Waals surface area contributed by atoms with Crippen molar-refractivity contribution in [2.45, 2.75) is 39.4 Å². The first-order chi connectivity index (χ1) is 15.3. The number of benzene rings is 2. The van der Waals surface area contributed by atoms with Gasteiger partial charge in [0.05, 0.1) is 15.6 Å². The lowest BCUT2D eigenvalue weighted by atomic mass is 10.1. The van der Waals surface area contributed by atoms with Gasteiger partial charge in [0, 0.05) is 13.0 Å². The van der Waals surface area contributed by atoms with Gasteiger partial charge in [-0.05, 0) is 60.5 Å². The highest BCUT2D eigenvalue weighted by Crippen LogP contribution is 2.38. The molecule has 1 aliphatic heterocycles. The molecule has 0 unspecified atom stereocenters. The second kappa shape index (κ2) is 10.5. The number of thioether (sulfide) groups is 1.